The van der Waals surface area contributed by atoms with Crippen molar-refractivity contribution in [2.45, 2.75) is 50.7 Å². The van der Waals surface area contributed by atoms with E-state index in [0.29, 0.717) is 0 Å². The number of benzene rings is 1. The normalized spacial score (nSPS) is 24.8. The highest BCUT2D eigenvalue weighted by Crippen LogP contribution is 2.25. The van der Waals surface area contributed by atoms with Gasteiger partial charge in [-0.3, -0.25) is 14.7 Å². The summed E-state index contributed by atoms with van der Waals surface area (Å²) in [4.78, 5) is 8.01. The molecule has 134 valence electrons. The van der Waals surface area contributed by atoms with Crippen molar-refractivity contribution in [2.75, 3.05) is 39.3 Å². The number of piperazine rings is 1. The molecule has 0 atom stereocenters. The molecule has 3 aliphatic rings. The molecule has 1 aromatic carbocycles. The van der Waals surface area contributed by atoms with Crippen LogP contribution in [0.3, 0.4) is 0 Å². The van der Waals surface area contributed by atoms with Crippen LogP contribution in [-0.4, -0.2) is 66.1 Å². The topological polar surface area (TPSA) is 33.5 Å². The van der Waals surface area contributed by atoms with Gasteiger partial charge < -0.3 is 0 Å². The molecule has 0 aromatic heterocycles. The molecule has 0 amide bonds. The van der Waals surface area contributed by atoms with Gasteiger partial charge >= 0.3 is 0 Å². The van der Waals surface area contributed by atoms with E-state index in [1.54, 1.807) is 0 Å². The summed E-state index contributed by atoms with van der Waals surface area (Å²) in [5.74, 6) is 0. The maximum atomic E-state index is 8.88. The number of hydrogen-bond acceptors (Lipinski definition) is 4. The first-order valence-corrected chi connectivity index (χ1v) is 10.0. The van der Waals surface area contributed by atoms with Gasteiger partial charge in [-0.05, 0) is 30.5 Å². The van der Waals surface area contributed by atoms with E-state index in [2.05, 4.69) is 32.9 Å². The minimum atomic E-state index is 0.751. The van der Waals surface area contributed by atoms with Crippen LogP contribution >= 0.6 is 0 Å². The Balaban J connectivity index is 1.19. The third-order valence-corrected chi connectivity index (χ3v) is 6.38. The zero-order valence-electron chi connectivity index (χ0n) is 15.2. The fraction of sp³-hybridized carbons (Fsp3) is 0.667. The number of nitriles is 1. The minimum absolute atomic E-state index is 0.751. The van der Waals surface area contributed by atoms with E-state index >= 15 is 0 Å². The van der Waals surface area contributed by atoms with Crippen LogP contribution in [0.1, 0.15) is 43.2 Å². The average Bonchev–Trinajstić information content (AvgIpc) is 2.66. The van der Waals surface area contributed by atoms with Crippen molar-refractivity contribution in [3.8, 4) is 6.07 Å². The summed E-state index contributed by atoms with van der Waals surface area (Å²) in [7, 11) is 0. The highest BCUT2D eigenvalue weighted by Gasteiger charge is 2.34. The Morgan fingerprint density at radius 1 is 0.840 bits per heavy atom. The molecular formula is C21H30N4. The highest BCUT2D eigenvalue weighted by atomic mass is 15.4. The summed E-state index contributed by atoms with van der Waals surface area (Å²) in [6, 6.07) is 11.9. The van der Waals surface area contributed by atoms with E-state index in [0.717, 1.165) is 24.2 Å². The molecule has 2 aliphatic heterocycles. The summed E-state index contributed by atoms with van der Waals surface area (Å²) in [6.45, 7) is 8.47. The van der Waals surface area contributed by atoms with E-state index in [1.165, 1.54) is 76.9 Å². The predicted molar refractivity (Wildman–Crippen MR) is 100 cm³/mol. The molecule has 3 fully saturated rings. The van der Waals surface area contributed by atoms with E-state index in [4.69, 9.17) is 5.26 Å². The van der Waals surface area contributed by atoms with Gasteiger partial charge in [-0.2, -0.15) is 5.26 Å². The van der Waals surface area contributed by atoms with Gasteiger partial charge in [0.25, 0.3) is 0 Å². The summed E-state index contributed by atoms with van der Waals surface area (Å²) in [5, 5.41) is 8.88. The zero-order chi connectivity index (χ0) is 17.1. The molecule has 2 heterocycles. The standard InChI is InChI=1S/C21H30N4/c22-14-18-6-8-19(9-7-18)15-23-16-21(17-23)25-12-10-24(11-13-25)20-4-2-1-3-5-20/h6-9,20-21H,1-5,10-13,15-17H2. The van der Waals surface area contributed by atoms with Gasteiger partial charge in [0.15, 0.2) is 0 Å². The lowest BCUT2D eigenvalue weighted by Crippen LogP contribution is -2.63. The SMILES string of the molecule is N#Cc1ccc(CN2CC(N3CCN(C4CCCCC4)CC3)C2)cc1. The Kier molecular flexibility index (Phi) is 5.36. The maximum absolute atomic E-state index is 8.88. The maximum Gasteiger partial charge on any atom is 0.0991 e. The van der Waals surface area contributed by atoms with Gasteiger partial charge in [-0.15, -0.1) is 0 Å². The summed E-state index contributed by atoms with van der Waals surface area (Å²) in [6.07, 6.45) is 7.20. The van der Waals surface area contributed by atoms with Crippen LogP contribution in [0.2, 0.25) is 0 Å². The van der Waals surface area contributed by atoms with Crippen LogP contribution < -0.4 is 0 Å². The molecule has 0 bridgehead atoms. The number of rotatable bonds is 4. The molecule has 0 N–H and O–H groups in total. The molecular weight excluding hydrogens is 308 g/mol. The second-order valence-corrected chi connectivity index (χ2v) is 8.02. The lowest BCUT2D eigenvalue weighted by Gasteiger charge is -2.49. The first kappa shape index (κ1) is 17.0. The van der Waals surface area contributed by atoms with E-state index in [9.17, 15) is 0 Å². The number of nitrogens with zero attached hydrogens (tertiary/aromatic N) is 4. The van der Waals surface area contributed by atoms with Crippen molar-refractivity contribution in [3.05, 3.63) is 35.4 Å². The van der Waals surface area contributed by atoms with Crippen LogP contribution in [0.5, 0.6) is 0 Å². The van der Waals surface area contributed by atoms with Gasteiger partial charge in [0.2, 0.25) is 0 Å². The molecule has 0 radical (unpaired) electrons. The minimum Gasteiger partial charge on any atom is -0.298 e. The van der Waals surface area contributed by atoms with Gasteiger partial charge in [0, 0.05) is 57.9 Å². The second-order valence-electron chi connectivity index (χ2n) is 8.02. The fourth-order valence-corrected chi connectivity index (χ4v) is 4.76. The Bertz CT molecular complexity index is 585. The van der Waals surface area contributed by atoms with Gasteiger partial charge in [0.05, 0.1) is 11.6 Å². The lowest BCUT2D eigenvalue weighted by molar-refractivity contribution is -0.0104. The fourth-order valence-electron chi connectivity index (χ4n) is 4.76. The zero-order valence-corrected chi connectivity index (χ0v) is 15.2. The largest absolute Gasteiger partial charge is 0.298 e. The van der Waals surface area contributed by atoms with Crippen LogP contribution in [0.4, 0.5) is 0 Å². The molecule has 2 saturated heterocycles. The molecule has 1 saturated carbocycles. The average molecular weight is 338 g/mol. The molecule has 4 rings (SSSR count). The Hall–Kier alpha value is -1.41. The molecule has 4 nitrogen and oxygen atoms in total. The monoisotopic (exact) mass is 338 g/mol. The van der Waals surface area contributed by atoms with Crippen molar-refractivity contribution in [3.63, 3.8) is 0 Å². The van der Waals surface area contributed by atoms with Crippen molar-refractivity contribution >= 4 is 0 Å². The van der Waals surface area contributed by atoms with Crippen LogP contribution in [0.15, 0.2) is 24.3 Å². The van der Waals surface area contributed by atoms with Crippen molar-refractivity contribution in [2.24, 2.45) is 0 Å². The van der Waals surface area contributed by atoms with E-state index in [-0.39, 0.29) is 0 Å². The first-order valence-electron chi connectivity index (χ1n) is 10.0. The summed E-state index contributed by atoms with van der Waals surface area (Å²) < 4.78 is 0. The third-order valence-electron chi connectivity index (χ3n) is 6.38. The van der Waals surface area contributed by atoms with Crippen molar-refractivity contribution in [1.82, 2.24) is 14.7 Å². The Morgan fingerprint density at radius 3 is 2.04 bits per heavy atom. The molecule has 1 aromatic rings. The predicted octanol–water partition coefficient (Wildman–Crippen LogP) is 2.69. The van der Waals surface area contributed by atoms with E-state index < -0.39 is 0 Å². The number of hydrogen-bond donors (Lipinski definition) is 0. The van der Waals surface area contributed by atoms with Crippen LogP contribution in [0, 0.1) is 11.3 Å². The highest BCUT2D eigenvalue weighted by molar-refractivity contribution is 5.31. The van der Waals surface area contributed by atoms with Crippen molar-refractivity contribution < 1.29 is 0 Å². The second kappa shape index (κ2) is 7.86. The van der Waals surface area contributed by atoms with Gasteiger partial charge in [0.1, 0.15) is 0 Å². The summed E-state index contributed by atoms with van der Waals surface area (Å²) in [5.41, 5.74) is 2.07. The Morgan fingerprint density at radius 2 is 1.44 bits per heavy atom. The molecule has 4 heteroatoms. The number of likely N-dealkylation sites (tertiary alicyclic amines) is 1. The smallest absolute Gasteiger partial charge is 0.0991 e. The first-order chi connectivity index (χ1) is 12.3. The van der Waals surface area contributed by atoms with Gasteiger partial charge in [-0.25, -0.2) is 0 Å². The molecule has 1 aliphatic carbocycles. The summed E-state index contributed by atoms with van der Waals surface area (Å²) >= 11 is 0. The van der Waals surface area contributed by atoms with E-state index in [1.807, 2.05) is 12.1 Å². The van der Waals surface area contributed by atoms with Crippen molar-refractivity contribution in [1.29, 1.82) is 5.26 Å². The van der Waals surface area contributed by atoms with Crippen LogP contribution in [-0.2, 0) is 6.54 Å². The third kappa shape index (κ3) is 4.06. The quantitative estimate of drug-likeness (QED) is 0.845. The van der Waals surface area contributed by atoms with Crippen LogP contribution in [0.25, 0.3) is 0 Å². The molecule has 25 heavy (non-hydrogen) atoms. The lowest BCUT2D eigenvalue weighted by atomic mass is 9.93. The molecule has 0 unspecified atom stereocenters. The van der Waals surface area contributed by atoms with Gasteiger partial charge in [-0.1, -0.05) is 31.4 Å². The Labute approximate surface area is 152 Å². The molecule has 0 spiro atoms.